The second kappa shape index (κ2) is 3.86. The highest BCUT2D eigenvalue weighted by molar-refractivity contribution is 5.33. The van der Waals surface area contributed by atoms with E-state index >= 15 is 0 Å². The molecule has 2 heteroatoms. The van der Waals surface area contributed by atoms with Gasteiger partial charge in [-0.3, -0.25) is 0 Å². The summed E-state index contributed by atoms with van der Waals surface area (Å²) < 4.78 is 0. The molecule has 2 nitrogen and oxygen atoms in total. The van der Waals surface area contributed by atoms with E-state index in [0.29, 0.717) is 0 Å². The average molecular weight is 217 g/mol. The van der Waals surface area contributed by atoms with Crippen molar-refractivity contribution >= 4 is 0 Å². The Balaban J connectivity index is 1.69. The summed E-state index contributed by atoms with van der Waals surface area (Å²) in [6.07, 6.45) is 4.94. The molecular formula is C14H19NO. The number of rotatable bonds is 5. The summed E-state index contributed by atoms with van der Waals surface area (Å²) in [5.41, 5.74) is 2.99. The lowest BCUT2D eigenvalue weighted by Gasteiger charge is -2.16. The summed E-state index contributed by atoms with van der Waals surface area (Å²) in [5, 5.41) is 12.8. The molecule has 1 aromatic carbocycles. The molecule has 2 aliphatic rings. The van der Waals surface area contributed by atoms with Crippen LogP contribution in [0, 0.1) is 0 Å². The number of aliphatic hydroxyl groups excluding tert-OH is 1. The molecule has 0 heterocycles. The summed E-state index contributed by atoms with van der Waals surface area (Å²) in [6.45, 7) is 1.19. The number of benzene rings is 1. The predicted molar refractivity (Wildman–Crippen MR) is 64.3 cm³/mol. The SMILES string of the molecule is OCC1(NCc2ccccc2C2CC2)CC1. The molecule has 2 saturated carbocycles. The molecule has 0 bridgehead atoms. The fourth-order valence-corrected chi connectivity index (χ4v) is 2.31. The van der Waals surface area contributed by atoms with Crippen LogP contribution in [0.3, 0.4) is 0 Å². The smallest absolute Gasteiger partial charge is 0.0613 e. The van der Waals surface area contributed by atoms with Crippen molar-refractivity contribution in [2.45, 2.75) is 43.7 Å². The Hall–Kier alpha value is -0.860. The first-order valence-electron chi connectivity index (χ1n) is 6.27. The highest BCUT2D eigenvalue weighted by atomic mass is 16.3. The lowest BCUT2D eigenvalue weighted by Crippen LogP contribution is -2.34. The molecule has 0 aliphatic heterocycles. The van der Waals surface area contributed by atoms with E-state index < -0.39 is 0 Å². The number of nitrogens with one attached hydrogen (secondary N) is 1. The third-order valence-electron chi connectivity index (χ3n) is 3.88. The maximum absolute atomic E-state index is 9.26. The highest BCUT2D eigenvalue weighted by Gasteiger charge is 2.41. The van der Waals surface area contributed by atoms with Crippen LogP contribution < -0.4 is 5.32 Å². The Kier molecular flexibility index (Phi) is 2.49. The van der Waals surface area contributed by atoms with Gasteiger partial charge in [0.25, 0.3) is 0 Å². The molecule has 2 aliphatic carbocycles. The van der Waals surface area contributed by atoms with Crippen LogP contribution in [0.1, 0.15) is 42.7 Å². The van der Waals surface area contributed by atoms with Crippen molar-refractivity contribution in [1.29, 1.82) is 0 Å². The Bertz CT molecular complexity index is 380. The van der Waals surface area contributed by atoms with Gasteiger partial charge < -0.3 is 10.4 Å². The summed E-state index contributed by atoms with van der Waals surface area (Å²) in [7, 11) is 0. The van der Waals surface area contributed by atoms with Gasteiger partial charge in [-0.25, -0.2) is 0 Å². The maximum atomic E-state index is 9.26. The summed E-state index contributed by atoms with van der Waals surface area (Å²) in [4.78, 5) is 0. The average Bonchev–Trinajstić information content (AvgIpc) is 3.21. The van der Waals surface area contributed by atoms with Gasteiger partial charge in [-0.15, -0.1) is 0 Å². The molecule has 0 amide bonds. The molecule has 0 saturated heterocycles. The summed E-state index contributed by atoms with van der Waals surface area (Å²) in [6, 6.07) is 8.72. The van der Waals surface area contributed by atoms with Crippen molar-refractivity contribution in [1.82, 2.24) is 5.32 Å². The number of hydrogen-bond acceptors (Lipinski definition) is 2. The molecule has 0 unspecified atom stereocenters. The summed E-state index contributed by atoms with van der Waals surface area (Å²) >= 11 is 0. The lowest BCUT2D eigenvalue weighted by atomic mass is 10.0. The quantitative estimate of drug-likeness (QED) is 0.792. The van der Waals surface area contributed by atoms with E-state index in [-0.39, 0.29) is 12.1 Å². The van der Waals surface area contributed by atoms with E-state index in [9.17, 15) is 5.11 Å². The van der Waals surface area contributed by atoms with Crippen LogP contribution in [0.5, 0.6) is 0 Å². The van der Waals surface area contributed by atoms with Crippen molar-refractivity contribution in [3.8, 4) is 0 Å². The Morgan fingerprint density at radius 2 is 2.00 bits per heavy atom. The molecular weight excluding hydrogens is 198 g/mol. The van der Waals surface area contributed by atoms with Crippen LogP contribution in [0.15, 0.2) is 24.3 Å². The molecule has 1 aromatic rings. The minimum absolute atomic E-state index is 0.0522. The number of aliphatic hydroxyl groups is 1. The fourth-order valence-electron chi connectivity index (χ4n) is 2.31. The molecule has 16 heavy (non-hydrogen) atoms. The highest BCUT2D eigenvalue weighted by Crippen LogP contribution is 2.42. The van der Waals surface area contributed by atoms with Crippen molar-refractivity contribution in [3.05, 3.63) is 35.4 Å². The summed E-state index contributed by atoms with van der Waals surface area (Å²) in [5.74, 6) is 0.808. The molecule has 0 aromatic heterocycles. The Morgan fingerprint density at radius 3 is 2.62 bits per heavy atom. The van der Waals surface area contributed by atoms with E-state index in [0.717, 1.165) is 25.3 Å². The van der Waals surface area contributed by atoms with Crippen LogP contribution in [0.25, 0.3) is 0 Å². The van der Waals surface area contributed by atoms with Gasteiger partial charge in [0, 0.05) is 12.1 Å². The topological polar surface area (TPSA) is 32.3 Å². The van der Waals surface area contributed by atoms with Gasteiger partial charge in [0.1, 0.15) is 0 Å². The lowest BCUT2D eigenvalue weighted by molar-refractivity contribution is 0.229. The van der Waals surface area contributed by atoms with Gasteiger partial charge in [-0.2, -0.15) is 0 Å². The minimum Gasteiger partial charge on any atom is -0.394 e. The van der Waals surface area contributed by atoms with E-state index in [1.165, 1.54) is 24.0 Å². The van der Waals surface area contributed by atoms with Crippen LogP contribution in [0.2, 0.25) is 0 Å². The molecule has 86 valence electrons. The first-order valence-corrected chi connectivity index (χ1v) is 6.27. The molecule has 2 fully saturated rings. The second-order valence-corrected chi connectivity index (χ2v) is 5.27. The zero-order valence-electron chi connectivity index (χ0n) is 9.58. The van der Waals surface area contributed by atoms with Crippen molar-refractivity contribution < 1.29 is 5.11 Å². The maximum Gasteiger partial charge on any atom is 0.0613 e. The first kappa shape index (κ1) is 10.3. The van der Waals surface area contributed by atoms with E-state index in [1.807, 2.05) is 0 Å². The second-order valence-electron chi connectivity index (χ2n) is 5.27. The molecule has 3 rings (SSSR count). The van der Waals surface area contributed by atoms with Crippen molar-refractivity contribution in [3.63, 3.8) is 0 Å². The van der Waals surface area contributed by atoms with E-state index in [1.54, 1.807) is 0 Å². The van der Waals surface area contributed by atoms with Gasteiger partial charge in [-0.05, 0) is 42.7 Å². The van der Waals surface area contributed by atoms with Crippen molar-refractivity contribution in [2.75, 3.05) is 6.61 Å². The standard InChI is InChI=1S/C14H19NO/c16-10-14(7-8-14)15-9-12-3-1-2-4-13(12)11-5-6-11/h1-4,11,15-16H,5-10H2. The monoisotopic (exact) mass is 217 g/mol. The molecule has 0 atom stereocenters. The first-order chi connectivity index (χ1) is 7.83. The largest absolute Gasteiger partial charge is 0.394 e. The molecule has 0 radical (unpaired) electrons. The van der Waals surface area contributed by atoms with Gasteiger partial charge in [0.2, 0.25) is 0 Å². The van der Waals surface area contributed by atoms with Crippen LogP contribution in [0.4, 0.5) is 0 Å². The van der Waals surface area contributed by atoms with Gasteiger partial charge in [0.05, 0.1) is 6.61 Å². The van der Waals surface area contributed by atoms with Gasteiger partial charge in [-0.1, -0.05) is 24.3 Å². The zero-order valence-corrected chi connectivity index (χ0v) is 9.58. The van der Waals surface area contributed by atoms with Crippen LogP contribution in [-0.2, 0) is 6.54 Å². The molecule has 0 spiro atoms. The van der Waals surface area contributed by atoms with E-state index in [4.69, 9.17) is 0 Å². The third kappa shape index (κ3) is 2.00. The van der Waals surface area contributed by atoms with Gasteiger partial charge in [0.15, 0.2) is 0 Å². The normalized spacial score (nSPS) is 22.1. The Morgan fingerprint density at radius 1 is 1.25 bits per heavy atom. The number of hydrogen-bond donors (Lipinski definition) is 2. The zero-order chi connectivity index (χ0) is 11.0. The fraction of sp³-hybridized carbons (Fsp3) is 0.571. The minimum atomic E-state index is 0.0522. The van der Waals surface area contributed by atoms with Crippen LogP contribution >= 0.6 is 0 Å². The van der Waals surface area contributed by atoms with E-state index in [2.05, 4.69) is 29.6 Å². The van der Waals surface area contributed by atoms with Crippen molar-refractivity contribution in [2.24, 2.45) is 0 Å². The van der Waals surface area contributed by atoms with Gasteiger partial charge >= 0.3 is 0 Å². The van der Waals surface area contributed by atoms with Crippen LogP contribution in [-0.4, -0.2) is 17.3 Å². The predicted octanol–water partition coefficient (Wildman–Crippen LogP) is 2.18. The third-order valence-corrected chi connectivity index (χ3v) is 3.88. The Labute approximate surface area is 96.7 Å². The molecule has 2 N–H and O–H groups in total.